The first-order valence-corrected chi connectivity index (χ1v) is 10.8. The molecule has 0 heterocycles. The summed E-state index contributed by atoms with van der Waals surface area (Å²) in [5.41, 5.74) is 0.232. The number of aryl methyl sites for hydroxylation is 1. The largest absolute Gasteiger partial charge is 0.483 e. The van der Waals surface area contributed by atoms with Crippen molar-refractivity contribution in [1.29, 1.82) is 0 Å². The maximum absolute atomic E-state index is 13.3. The summed E-state index contributed by atoms with van der Waals surface area (Å²) in [6.07, 6.45) is 3.07. The van der Waals surface area contributed by atoms with Crippen molar-refractivity contribution in [1.82, 2.24) is 9.62 Å². The molecule has 3 rings (SSSR count). The van der Waals surface area contributed by atoms with E-state index >= 15 is 0 Å². The minimum Gasteiger partial charge on any atom is -0.483 e. The highest BCUT2D eigenvalue weighted by Crippen LogP contribution is 2.45. The average Bonchev–Trinajstić information content (AvgIpc) is 3.19. The fraction of sp³-hybridized carbons (Fsp3) is 0.579. The third-order valence-electron chi connectivity index (χ3n) is 5.76. The molecule has 0 saturated heterocycles. The Labute approximate surface area is 169 Å². The number of hydrogen-bond donors (Lipinski definition) is 3. The summed E-state index contributed by atoms with van der Waals surface area (Å²) in [6, 6.07) is 3.61. The van der Waals surface area contributed by atoms with Crippen LogP contribution >= 0.6 is 0 Å². The first-order valence-electron chi connectivity index (χ1n) is 9.36. The number of fused-ring (bicyclic) bond motifs is 1. The molecule has 2 aliphatic rings. The van der Waals surface area contributed by atoms with Gasteiger partial charge < -0.3 is 15.1 Å². The van der Waals surface area contributed by atoms with Gasteiger partial charge in [0.1, 0.15) is 5.82 Å². The number of likely N-dealkylation sites (N-methyl/N-ethyl adjacent to an activating group) is 1. The van der Waals surface area contributed by atoms with Crippen molar-refractivity contribution in [2.75, 3.05) is 13.6 Å². The van der Waals surface area contributed by atoms with Crippen molar-refractivity contribution in [3.05, 3.63) is 29.6 Å². The lowest BCUT2D eigenvalue weighted by atomic mass is 10.0. The number of amides is 1. The topological polar surface area (TPSA) is 124 Å². The highest BCUT2D eigenvalue weighted by molar-refractivity contribution is 7.89. The van der Waals surface area contributed by atoms with Crippen LogP contribution in [0.5, 0.6) is 0 Å². The molecule has 162 valence electrons. The van der Waals surface area contributed by atoms with E-state index < -0.39 is 15.8 Å². The summed E-state index contributed by atoms with van der Waals surface area (Å²) in [4.78, 5) is 22.3. The monoisotopic (exact) mass is 430 g/mol. The zero-order valence-corrected chi connectivity index (χ0v) is 17.2. The number of carboxylic acid groups (broad SMARTS) is 1. The van der Waals surface area contributed by atoms with Gasteiger partial charge in [0.25, 0.3) is 6.47 Å². The van der Waals surface area contributed by atoms with E-state index in [2.05, 4.69) is 4.72 Å². The van der Waals surface area contributed by atoms with Crippen LogP contribution in [0.15, 0.2) is 23.1 Å². The van der Waals surface area contributed by atoms with E-state index in [1.807, 2.05) is 0 Å². The lowest BCUT2D eigenvalue weighted by Crippen LogP contribution is -2.42. The second-order valence-electron chi connectivity index (χ2n) is 7.62. The summed E-state index contributed by atoms with van der Waals surface area (Å²) in [6.45, 7) is 0.908. The van der Waals surface area contributed by atoms with Gasteiger partial charge in [-0.05, 0) is 68.2 Å². The molecule has 0 aliphatic heterocycles. The molecule has 2 saturated carbocycles. The number of carbonyl (C=O) groups is 2. The Hall–Kier alpha value is -2.04. The second kappa shape index (κ2) is 9.64. The molecule has 3 N–H and O–H groups in total. The van der Waals surface area contributed by atoms with Gasteiger partial charge in [-0.25, -0.2) is 17.5 Å². The van der Waals surface area contributed by atoms with E-state index in [0.29, 0.717) is 11.8 Å². The number of aliphatic hydroxyl groups is 1. The van der Waals surface area contributed by atoms with Crippen molar-refractivity contribution < 1.29 is 32.6 Å². The van der Waals surface area contributed by atoms with Crippen LogP contribution in [-0.4, -0.2) is 61.6 Å². The van der Waals surface area contributed by atoms with Gasteiger partial charge in [-0.3, -0.25) is 9.59 Å². The minimum absolute atomic E-state index is 0.0590. The number of halogens is 1. The Bertz CT molecular complexity index is 833. The smallest absolute Gasteiger partial charge is 0.290 e. The molecule has 1 aromatic carbocycles. The van der Waals surface area contributed by atoms with E-state index in [4.69, 9.17) is 9.90 Å². The molecule has 0 spiro atoms. The number of sulfonamides is 1. The van der Waals surface area contributed by atoms with E-state index in [1.54, 1.807) is 11.9 Å². The van der Waals surface area contributed by atoms with Crippen LogP contribution in [0.3, 0.4) is 0 Å². The zero-order chi connectivity index (χ0) is 21.8. The summed E-state index contributed by atoms with van der Waals surface area (Å²) in [7, 11) is -2.18. The minimum atomic E-state index is -3.87. The first kappa shape index (κ1) is 23.2. The molecular formula is C19H27FN2O6S. The van der Waals surface area contributed by atoms with Gasteiger partial charge >= 0.3 is 0 Å². The molecule has 1 aromatic rings. The normalized spacial score (nSPS) is 25.7. The fourth-order valence-electron chi connectivity index (χ4n) is 4.22. The highest BCUT2D eigenvalue weighted by Gasteiger charge is 2.43. The Morgan fingerprint density at radius 3 is 2.34 bits per heavy atom. The molecule has 29 heavy (non-hydrogen) atoms. The van der Waals surface area contributed by atoms with Gasteiger partial charge in [-0.15, -0.1) is 0 Å². The number of nitrogens with zero attached hydrogens (tertiary/aromatic N) is 1. The average molecular weight is 430 g/mol. The predicted octanol–water partition coefficient (Wildman–Crippen LogP) is 1.12. The first-order chi connectivity index (χ1) is 13.6. The number of aliphatic hydroxyl groups excluding tert-OH is 1. The standard InChI is InChI=1S/C18H25FN2O4S.CH2O2/c1-11-5-16(3-4-17(11)19)26(24,25)20-10-18(23)21(2)14-6-12-8-15(22)9-13(12)7-14;2-1-3/h3-5,12-15,20,22H,6-10H2,1-2H3;1H,(H,2,3)/t12-,13+,14?,15?;. The maximum Gasteiger partial charge on any atom is 0.290 e. The van der Waals surface area contributed by atoms with E-state index in [0.717, 1.165) is 31.7 Å². The van der Waals surface area contributed by atoms with Crippen LogP contribution < -0.4 is 4.72 Å². The summed E-state index contributed by atoms with van der Waals surface area (Å²) in [5, 5.41) is 16.6. The quantitative estimate of drug-likeness (QED) is 0.602. The van der Waals surface area contributed by atoms with Gasteiger partial charge in [-0.2, -0.15) is 0 Å². The van der Waals surface area contributed by atoms with Crippen molar-refractivity contribution in [3.8, 4) is 0 Å². The van der Waals surface area contributed by atoms with Crippen LogP contribution in [0.2, 0.25) is 0 Å². The van der Waals surface area contributed by atoms with Gasteiger partial charge in [0.2, 0.25) is 15.9 Å². The van der Waals surface area contributed by atoms with Gasteiger partial charge in [0, 0.05) is 13.1 Å². The van der Waals surface area contributed by atoms with Gasteiger partial charge in [-0.1, -0.05) is 0 Å². The molecular weight excluding hydrogens is 403 g/mol. The molecule has 1 amide bonds. The molecule has 8 nitrogen and oxygen atoms in total. The molecule has 10 heteroatoms. The lowest BCUT2D eigenvalue weighted by Gasteiger charge is -2.25. The van der Waals surface area contributed by atoms with Crippen LogP contribution in [-0.2, 0) is 19.6 Å². The Morgan fingerprint density at radius 2 is 1.83 bits per heavy atom. The fourth-order valence-corrected chi connectivity index (χ4v) is 5.28. The third-order valence-corrected chi connectivity index (χ3v) is 7.16. The molecule has 0 bridgehead atoms. The van der Waals surface area contributed by atoms with E-state index in [1.165, 1.54) is 19.1 Å². The molecule has 2 unspecified atom stereocenters. The number of rotatable bonds is 5. The van der Waals surface area contributed by atoms with Crippen molar-refractivity contribution in [3.63, 3.8) is 0 Å². The number of carbonyl (C=O) groups excluding carboxylic acids is 1. The van der Waals surface area contributed by atoms with Crippen molar-refractivity contribution in [2.45, 2.75) is 49.6 Å². The SMILES string of the molecule is Cc1cc(S(=O)(=O)NCC(=O)N(C)C2C[C@H]3CC(O)C[C@H]3C2)ccc1F.O=CO. The third kappa shape index (κ3) is 5.74. The van der Waals surface area contributed by atoms with Gasteiger partial charge in [0.05, 0.1) is 17.5 Å². The van der Waals surface area contributed by atoms with Crippen molar-refractivity contribution in [2.24, 2.45) is 11.8 Å². The van der Waals surface area contributed by atoms with Crippen LogP contribution in [0.25, 0.3) is 0 Å². The number of hydrogen-bond acceptors (Lipinski definition) is 5. The molecule has 2 aliphatic carbocycles. The molecule has 0 radical (unpaired) electrons. The summed E-state index contributed by atoms with van der Waals surface area (Å²) >= 11 is 0. The van der Waals surface area contributed by atoms with Crippen LogP contribution in [0, 0.1) is 24.6 Å². The Morgan fingerprint density at radius 1 is 1.28 bits per heavy atom. The highest BCUT2D eigenvalue weighted by atomic mass is 32.2. The molecule has 0 aromatic heterocycles. The maximum atomic E-state index is 13.3. The molecule has 2 fully saturated rings. The number of nitrogens with one attached hydrogen (secondary N) is 1. The zero-order valence-electron chi connectivity index (χ0n) is 16.4. The van der Waals surface area contributed by atoms with E-state index in [9.17, 15) is 22.7 Å². The number of benzene rings is 1. The van der Waals surface area contributed by atoms with Crippen molar-refractivity contribution >= 4 is 22.4 Å². The summed E-state index contributed by atoms with van der Waals surface area (Å²) < 4.78 is 40.2. The molecule has 4 atom stereocenters. The van der Waals surface area contributed by atoms with Crippen LogP contribution in [0.4, 0.5) is 4.39 Å². The Kier molecular flexibility index (Phi) is 7.73. The second-order valence-corrected chi connectivity index (χ2v) is 9.38. The van der Waals surface area contributed by atoms with Crippen LogP contribution in [0.1, 0.15) is 31.2 Å². The van der Waals surface area contributed by atoms with Gasteiger partial charge in [0.15, 0.2) is 0 Å². The Balaban J connectivity index is 0.000000941. The lowest BCUT2D eigenvalue weighted by molar-refractivity contribution is -0.130. The van der Waals surface area contributed by atoms with E-state index in [-0.39, 0.29) is 41.5 Å². The predicted molar refractivity (Wildman–Crippen MR) is 103 cm³/mol. The summed E-state index contributed by atoms with van der Waals surface area (Å²) in [5.74, 6) is 0.128.